The molecule has 0 aliphatic rings. The maximum absolute atomic E-state index is 10.7. The van der Waals surface area contributed by atoms with Crippen molar-refractivity contribution in [3.05, 3.63) is 28.4 Å². The quantitative estimate of drug-likeness (QED) is 0.637. The lowest BCUT2D eigenvalue weighted by Gasteiger charge is -2.15. The number of nitrogens with one attached hydrogen (secondary N) is 2. The van der Waals surface area contributed by atoms with E-state index in [1.807, 2.05) is 0 Å². The van der Waals surface area contributed by atoms with Gasteiger partial charge < -0.3 is 10.5 Å². The molecule has 0 fully saturated rings. The van der Waals surface area contributed by atoms with Gasteiger partial charge in [-0.2, -0.15) is 5.23 Å². The van der Waals surface area contributed by atoms with Crippen molar-refractivity contribution < 1.29 is 15.2 Å². The first-order chi connectivity index (χ1) is 6.50. The van der Waals surface area contributed by atoms with Crippen LogP contribution in [0, 0.1) is 5.21 Å². The molecule has 0 aromatic heterocycles. The molecule has 1 atom stereocenters. The van der Waals surface area contributed by atoms with E-state index in [0.717, 1.165) is 0 Å². The first kappa shape index (κ1) is 10.9. The summed E-state index contributed by atoms with van der Waals surface area (Å²) in [6.45, 7) is 1.31. The van der Waals surface area contributed by atoms with Gasteiger partial charge in [0.2, 0.25) is 5.91 Å². The molecule has 76 valence electrons. The van der Waals surface area contributed by atoms with E-state index in [9.17, 15) is 10.0 Å². The van der Waals surface area contributed by atoms with Crippen molar-refractivity contribution in [1.82, 2.24) is 0 Å². The second-order valence-corrected chi connectivity index (χ2v) is 3.11. The Balaban J connectivity index is 3.08. The van der Waals surface area contributed by atoms with E-state index < -0.39 is 5.23 Å². The fraction of sp³-hybridized carbons (Fsp3) is 0.125. The molecule has 14 heavy (non-hydrogen) atoms. The van der Waals surface area contributed by atoms with Gasteiger partial charge in [-0.15, -0.1) is 0 Å². The second-order valence-electron chi connectivity index (χ2n) is 2.68. The molecule has 1 aromatic carbocycles. The van der Waals surface area contributed by atoms with E-state index in [0.29, 0.717) is 5.02 Å². The summed E-state index contributed by atoms with van der Waals surface area (Å²) in [4.78, 5) is 10.7. The smallest absolute Gasteiger partial charge is 0.221 e. The van der Waals surface area contributed by atoms with E-state index in [-0.39, 0.29) is 17.3 Å². The monoisotopic (exact) mass is 216 g/mol. The molecule has 0 heterocycles. The molecule has 0 aliphatic carbocycles. The molecule has 1 rings (SSSR count). The molecule has 3 N–H and O–H groups in total. The summed E-state index contributed by atoms with van der Waals surface area (Å²) in [6, 6.07) is 4.25. The largest absolute Gasteiger partial charge is 0.595 e. The van der Waals surface area contributed by atoms with E-state index in [1.165, 1.54) is 25.1 Å². The Hall–Kier alpha value is -1.14. The molecule has 1 unspecified atom stereocenters. The Bertz CT molecular complexity index is 354. The zero-order chi connectivity index (χ0) is 10.7. The molecule has 0 bridgehead atoms. The van der Waals surface area contributed by atoms with Crippen LogP contribution in [-0.4, -0.2) is 11.1 Å². The van der Waals surface area contributed by atoms with E-state index in [4.69, 9.17) is 16.8 Å². The maximum Gasteiger partial charge on any atom is 0.221 e. The number of amides is 1. The summed E-state index contributed by atoms with van der Waals surface area (Å²) < 4.78 is 0. The standard InChI is InChI=1S/C8H9ClN2O3/c1-5(12)10-7-3-2-6(9)4-8(7)11(13)14/h2-4,11,13H,1H3,(H,10,12). The number of quaternary nitrogens is 1. The molecular weight excluding hydrogens is 208 g/mol. The third-order valence-electron chi connectivity index (χ3n) is 1.52. The predicted octanol–water partition coefficient (Wildman–Crippen LogP) is 0.702. The van der Waals surface area contributed by atoms with Crippen molar-refractivity contribution >= 4 is 28.9 Å². The topological polar surface area (TPSA) is 76.8 Å². The Morgan fingerprint density at radius 3 is 2.79 bits per heavy atom. The lowest BCUT2D eigenvalue weighted by Crippen LogP contribution is -2.99. The molecule has 6 heteroatoms. The van der Waals surface area contributed by atoms with Crippen LogP contribution in [0.2, 0.25) is 5.02 Å². The van der Waals surface area contributed by atoms with Gasteiger partial charge in [-0.05, 0) is 12.1 Å². The summed E-state index contributed by atoms with van der Waals surface area (Å²) in [7, 11) is 0. The number of hydrogen-bond donors (Lipinski definition) is 3. The molecule has 5 nitrogen and oxygen atoms in total. The fourth-order valence-corrected chi connectivity index (χ4v) is 1.16. The number of carbonyl (C=O) groups is 1. The average molecular weight is 217 g/mol. The number of carbonyl (C=O) groups excluding carboxylic acids is 1. The van der Waals surface area contributed by atoms with Crippen molar-refractivity contribution in [1.29, 1.82) is 0 Å². The number of halogens is 1. The maximum atomic E-state index is 10.7. The fourth-order valence-electron chi connectivity index (χ4n) is 0.992. The highest BCUT2D eigenvalue weighted by Crippen LogP contribution is 2.22. The van der Waals surface area contributed by atoms with Crippen LogP contribution < -0.4 is 10.5 Å². The van der Waals surface area contributed by atoms with Gasteiger partial charge in [0.15, 0.2) is 5.69 Å². The molecule has 0 radical (unpaired) electrons. The first-order valence-electron chi connectivity index (χ1n) is 3.81. The van der Waals surface area contributed by atoms with Crippen LogP contribution in [-0.2, 0) is 4.79 Å². The zero-order valence-electron chi connectivity index (χ0n) is 7.37. The zero-order valence-corrected chi connectivity index (χ0v) is 8.13. The number of hydrogen-bond acceptors (Lipinski definition) is 3. The van der Waals surface area contributed by atoms with Gasteiger partial charge in [0.05, 0.1) is 0 Å². The summed E-state index contributed by atoms with van der Waals surface area (Å²) in [6.07, 6.45) is 0. The average Bonchev–Trinajstić information content (AvgIpc) is 2.07. The third kappa shape index (κ3) is 2.68. The number of benzene rings is 1. The van der Waals surface area contributed by atoms with Gasteiger partial charge >= 0.3 is 0 Å². The molecule has 1 amide bonds. The molecule has 0 saturated heterocycles. The van der Waals surface area contributed by atoms with Crippen LogP contribution >= 0.6 is 11.6 Å². The van der Waals surface area contributed by atoms with Crippen molar-refractivity contribution in [2.45, 2.75) is 6.92 Å². The van der Waals surface area contributed by atoms with E-state index in [1.54, 1.807) is 0 Å². The Kier molecular flexibility index (Phi) is 3.43. The summed E-state index contributed by atoms with van der Waals surface area (Å²) in [5.41, 5.74) is 0.224. The Morgan fingerprint density at radius 2 is 2.29 bits per heavy atom. The van der Waals surface area contributed by atoms with Crippen LogP contribution in [0.15, 0.2) is 18.2 Å². The molecule has 1 aromatic rings. The Morgan fingerprint density at radius 1 is 1.64 bits per heavy atom. The lowest BCUT2D eigenvalue weighted by atomic mass is 10.2. The van der Waals surface area contributed by atoms with Crippen LogP contribution in [0.5, 0.6) is 0 Å². The number of anilines is 1. The van der Waals surface area contributed by atoms with Gasteiger partial charge in [-0.25, -0.2) is 5.21 Å². The van der Waals surface area contributed by atoms with E-state index in [2.05, 4.69) is 5.32 Å². The van der Waals surface area contributed by atoms with Crippen molar-refractivity contribution in [3.63, 3.8) is 0 Å². The Labute approximate surface area is 85.4 Å². The molecule has 0 spiro atoms. The van der Waals surface area contributed by atoms with Crippen LogP contribution in [0.25, 0.3) is 0 Å². The first-order valence-corrected chi connectivity index (χ1v) is 4.19. The normalized spacial score (nSPS) is 12.3. The molecule has 0 aliphatic heterocycles. The van der Waals surface area contributed by atoms with Gasteiger partial charge in [0.1, 0.15) is 5.69 Å². The summed E-state index contributed by atoms with van der Waals surface area (Å²) in [5.74, 6) is -0.324. The second kappa shape index (κ2) is 4.39. The highest BCUT2D eigenvalue weighted by Gasteiger charge is 2.10. The minimum atomic E-state index is -1.13. The van der Waals surface area contributed by atoms with Gasteiger partial charge in [0, 0.05) is 18.0 Å². The van der Waals surface area contributed by atoms with Crippen molar-refractivity contribution in [2.24, 2.45) is 0 Å². The summed E-state index contributed by atoms with van der Waals surface area (Å²) >= 11 is 5.62. The highest BCUT2D eigenvalue weighted by molar-refractivity contribution is 6.31. The summed E-state index contributed by atoms with van der Waals surface area (Å²) in [5, 5.41) is 21.1. The minimum absolute atomic E-state index is 0.0206. The van der Waals surface area contributed by atoms with Crippen molar-refractivity contribution in [2.75, 3.05) is 5.32 Å². The van der Waals surface area contributed by atoms with Gasteiger partial charge in [-0.1, -0.05) is 11.6 Å². The van der Waals surface area contributed by atoms with Crippen LogP contribution in [0.3, 0.4) is 0 Å². The van der Waals surface area contributed by atoms with Crippen molar-refractivity contribution in [3.8, 4) is 0 Å². The minimum Gasteiger partial charge on any atom is -0.595 e. The van der Waals surface area contributed by atoms with Crippen LogP contribution in [0.1, 0.15) is 6.92 Å². The van der Waals surface area contributed by atoms with Gasteiger partial charge in [0.25, 0.3) is 0 Å². The molecule has 0 saturated carbocycles. The SMILES string of the molecule is CC(=O)Nc1ccc(Cl)cc1[NH+]([O-])O. The van der Waals surface area contributed by atoms with Crippen LogP contribution in [0.4, 0.5) is 11.4 Å². The third-order valence-corrected chi connectivity index (χ3v) is 1.76. The molecular formula is C8H9ClN2O3. The highest BCUT2D eigenvalue weighted by atomic mass is 35.5. The van der Waals surface area contributed by atoms with E-state index >= 15 is 0 Å². The lowest BCUT2D eigenvalue weighted by molar-refractivity contribution is -0.990. The predicted molar refractivity (Wildman–Crippen MR) is 51.5 cm³/mol. The van der Waals surface area contributed by atoms with Gasteiger partial charge in [-0.3, -0.25) is 4.79 Å². The number of rotatable bonds is 2.